The predicted octanol–water partition coefficient (Wildman–Crippen LogP) is 1.25. The number of nitrogens with zero attached hydrogens (tertiary/aromatic N) is 1. The van der Waals surface area contributed by atoms with Crippen LogP contribution in [0.5, 0.6) is 11.5 Å². The molecule has 0 fully saturated rings. The van der Waals surface area contributed by atoms with Crippen LogP contribution in [0.3, 0.4) is 0 Å². The van der Waals surface area contributed by atoms with Gasteiger partial charge in [0.15, 0.2) is 11.4 Å². The number of phenols is 1. The van der Waals surface area contributed by atoms with E-state index in [9.17, 15) is 13.5 Å². The molecule has 0 radical (unpaired) electrons. The van der Waals surface area contributed by atoms with Gasteiger partial charge in [-0.05, 0) is 12.1 Å². The van der Waals surface area contributed by atoms with Gasteiger partial charge in [0, 0.05) is 12.5 Å². The molecule has 1 aromatic carbocycles. The number of methoxy groups -OCH3 is 1. The summed E-state index contributed by atoms with van der Waals surface area (Å²) < 4.78 is 35.7. The number of rotatable bonds is 6. The summed E-state index contributed by atoms with van der Waals surface area (Å²) in [6.45, 7) is 0.486. The monoisotopic (exact) mass is 290 g/mol. The first-order chi connectivity index (χ1) is 8.65. The number of hydrogen-bond donors (Lipinski definition) is 2. The van der Waals surface area contributed by atoms with Gasteiger partial charge in [0.2, 0.25) is 0 Å². The molecule has 0 amide bonds. The molecule has 0 spiro atoms. The molecule has 108 valence electrons. The molecule has 19 heavy (non-hydrogen) atoms. The predicted molar refractivity (Wildman–Crippen MR) is 74.2 cm³/mol. The SMILES string of the molecule is COc1ccc(O)cc1[N+](C)(C)CCCS(=O)(=O)O. The Hall–Kier alpha value is -1.31. The number of phenolic OH excluding ortho intramolecular Hbond substituents is 1. The van der Waals surface area contributed by atoms with E-state index in [1.165, 1.54) is 13.2 Å². The molecule has 0 saturated heterocycles. The second-order valence-corrected chi connectivity index (χ2v) is 6.48. The third-order valence-corrected chi connectivity index (χ3v) is 3.74. The molecule has 7 heteroatoms. The zero-order valence-corrected chi connectivity index (χ0v) is 12.1. The van der Waals surface area contributed by atoms with Crippen LogP contribution in [0.15, 0.2) is 18.2 Å². The Kier molecular flexibility index (Phi) is 4.78. The summed E-state index contributed by atoms with van der Waals surface area (Å²) in [5.74, 6) is 0.460. The minimum atomic E-state index is -3.94. The van der Waals surface area contributed by atoms with Gasteiger partial charge in [-0.3, -0.25) is 9.04 Å². The Balaban J connectivity index is 2.90. The molecule has 0 aliphatic heterocycles. The van der Waals surface area contributed by atoms with Gasteiger partial charge in [0.25, 0.3) is 10.1 Å². The summed E-state index contributed by atoms with van der Waals surface area (Å²) in [6, 6.07) is 4.78. The number of benzene rings is 1. The van der Waals surface area contributed by atoms with Crippen LogP contribution < -0.4 is 9.22 Å². The number of hydrogen-bond acceptors (Lipinski definition) is 4. The lowest BCUT2D eigenvalue weighted by molar-refractivity contribution is 0.356. The minimum Gasteiger partial charge on any atom is -0.508 e. The number of quaternary nitrogens is 1. The Morgan fingerprint density at radius 2 is 1.95 bits per heavy atom. The molecular weight excluding hydrogens is 270 g/mol. The van der Waals surface area contributed by atoms with Crippen LogP contribution in [0, 0.1) is 0 Å². The minimum absolute atomic E-state index is 0.122. The Morgan fingerprint density at radius 1 is 1.32 bits per heavy atom. The van der Waals surface area contributed by atoms with E-state index in [-0.39, 0.29) is 11.5 Å². The summed E-state index contributed by atoms with van der Waals surface area (Å²) >= 11 is 0. The Morgan fingerprint density at radius 3 is 2.47 bits per heavy atom. The van der Waals surface area contributed by atoms with Gasteiger partial charge >= 0.3 is 0 Å². The van der Waals surface area contributed by atoms with Gasteiger partial charge in [-0.15, -0.1) is 0 Å². The molecule has 6 nitrogen and oxygen atoms in total. The van der Waals surface area contributed by atoms with Gasteiger partial charge in [0.1, 0.15) is 5.75 Å². The van der Waals surface area contributed by atoms with E-state index in [4.69, 9.17) is 9.29 Å². The summed E-state index contributed by atoms with van der Waals surface area (Å²) in [7, 11) is 1.35. The number of ether oxygens (including phenoxy) is 1. The molecule has 0 bridgehead atoms. The fourth-order valence-corrected chi connectivity index (χ4v) is 2.41. The van der Waals surface area contributed by atoms with Gasteiger partial charge in [-0.1, -0.05) is 0 Å². The van der Waals surface area contributed by atoms with Crippen LogP contribution in [-0.2, 0) is 10.1 Å². The van der Waals surface area contributed by atoms with Crippen LogP contribution >= 0.6 is 0 Å². The molecule has 2 N–H and O–H groups in total. The molecule has 0 aliphatic rings. The highest BCUT2D eigenvalue weighted by Crippen LogP contribution is 2.34. The van der Waals surface area contributed by atoms with Crippen molar-refractivity contribution in [1.29, 1.82) is 0 Å². The zero-order valence-electron chi connectivity index (χ0n) is 11.3. The molecule has 0 aliphatic carbocycles. The van der Waals surface area contributed by atoms with E-state index in [0.29, 0.717) is 23.2 Å². The van der Waals surface area contributed by atoms with Crippen molar-refractivity contribution >= 4 is 15.8 Å². The van der Waals surface area contributed by atoms with Crippen LogP contribution in [-0.4, -0.2) is 51.6 Å². The van der Waals surface area contributed by atoms with Crippen molar-refractivity contribution in [2.24, 2.45) is 0 Å². The second-order valence-electron chi connectivity index (χ2n) is 4.90. The van der Waals surface area contributed by atoms with Crippen molar-refractivity contribution in [3.63, 3.8) is 0 Å². The van der Waals surface area contributed by atoms with Crippen LogP contribution in [0.4, 0.5) is 5.69 Å². The van der Waals surface area contributed by atoms with E-state index < -0.39 is 10.1 Å². The van der Waals surface area contributed by atoms with Crippen molar-refractivity contribution in [3.05, 3.63) is 18.2 Å². The molecule has 1 aromatic rings. The third-order valence-electron chi connectivity index (χ3n) is 2.93. The fourth-order valence-electron chi connectivity index (χ4n) is 1.91. The maximum absolute atomic E-state index is 10.7. The molecule has 0 aromatic heterocycles. The highest BCUT2D eigenvalue weighted by molar-refractivity contribution is 7.85. The van der Waals surface area contributed by atoms with Crippen molar-refractivity contribution in [1.82, 2.24) is 4.48 Å². The molecule has 0 atom stereocenters. The average Bonchev–Trinajstić information content (AvgIpc) is 2.27. The highest BCUT2D eigenvalue weighted by Gasteiger charge is 2.24. The van der Waals surface area contributed by atoms with E-state index in [1.54, 1.807) is 12.1 Å². The smallest absolute Gasteiger partial charge is 0.265 e. The molecular formula is C12H20NO5S+. The van der Waals surface area contributed by atoms with Crippen molar-refractivity contribution in [2.75, 3.05) is 33.5 Å². The summed E-state index contributed by atoms with van der Waals surface area (Å²) in [5, 5.41) is 9.55. The van der Waals surface area contributed by atoms with Gasteiger partial charge < -0.3 is 9.84 Å². The fraction of sp³-hybridized carbons (Fsp3) is 0.500. The average molecular weight is 290 g/mol. The summed E-state index contributed by atoms with van der Waals surface area (Å²) in [5.41, 5.74) is 0.748. The lowest BCUT2D eigenvalue weighted by Gasteiger charge is -2.30. The van der Waals surface area contributed by atoms with E-state index >= 15 is 0 Å². The van der Waals surface area contributed by atoms with Crippen molar-refractivity contribution < 1.29 is 22.8 Å². The normalized spacial score (nSPS) is 12.4. The summed E-state index contributed by atoms with van der Waals surface area (Å²) in [4.78, 5) is 0. The van der Waals surface area contributed by atoms with Crippen LogP contribution in [0.25, 0.3) is 0 Å². The van der Waals surface area contributed by atoms with Crippen LogP contribution in [0.2, 0.25) is 0 Å². The largest absolute Gasteiger partial charge is 0.508 e. The quantitative estimate of drug-likeness (QED) is 0.608. The van der Waals surface area contributed by atoms with Crippen molar-refractivity contribution in [2.45, 2.75) is 6.42 Å². The lowest BCUT2D eigenvalue weighted by Crippen LogP contribution is -2.42. The first kappa shape index (κ1) is 15.7. The van der Waals surface area contributed by atoms with Crippen molar-refractivity contribution in [3.8, 4) is 11.5 Å². The maximum Gasteiger partial charge on any atom is 0.265 e. The molecule has 0 heterocycles. The number of aromatic hydroxyl groups is 1. The second kappa shape index (κ2) is 5.77. The molecule has 0 unspecified atom stereocenters. The lowest BCUT2D eigenvalue weighted by atomic mass is 10.2. The van der Waals surface area contributed by atoms with E-state index in [1.807, 2.05) is 14.1 Å². The van der Waals surface area contributed by atoms with Gasteiger partial charge in [-0.2, -0.15) is 8.42 Å². The van der Waals surface area contributed by atoms with Gasteiger partial charge in [-0.25, -0.2) is 0 Å². The first-order valence-corrected chi connectivity index (χ1v) is 7.42. The zero-order chi connectivity index (χ0) is 14.7. The molecule has 1 rings (SSSR count). The standard InChI is InChI=1S/C12H19NO5S/c1-13(2,7-4-8-19(15,16)17)11-9-10(14)5-6-12(11)18-3/h5-6,9H,4,7-8H2,1-3H3,(H-,14,15,16,17)/p+1. The Bertz CT molecular complexity index is 539. The summed E-state index contributed by atoms with van der Waals surface area (Å²) in [6.07, 6.45) is 0.310. The maximum atomic E-state index is 10.7. The Labute approximate surface area is 113 Å². The molecule has 0 saturated carbocycles. The highest BCUT2D eigenvalue weighted by atomic mass is 32.2. The van der Waals surface area contributed by atoms with E-state index in [0.717, 1.165) is 5.69 Å². The topological polar surface area (TPSA) is 83.8 Å². The van der Waals surface area contributed by atoms with Gasteiger partial charge in [0.05, 0.1) is 33.5 Å². The first-order valence-electron chi connectivity index (χ1n) is 5.81. The third kappa shape index (κ3) is 4.70. The van der Waals surface area contributed by atoms with Crippen LogP contribution in [0.1, 0.15) is 6.42 Å². The van der Waals surface area contributed by atoms with E-state index in [2.05, 4.69) is 0 Å².